The van der Waals surface area contributed by atoms with E-state index in [1.807, 2.05) is 0 Å². The summed E-state index contributed by atoms with van der Waals surface area (Å²) in [7, 11) is 1.28. The van der Waals surface area contributed by atoms with Gasteiger partial charge in [0.25, 0.3) is 0 Å². The van der Waals surface area contributed by atoms with E-state index < -0.39 is 5.97 Å². The van der Waals surface area contributed by atoms with E-state index in [0.29, 0.717) is 12.1 Å². The van der Waals surface area contributed by atoms with Crippen LogP contribution in [0.1, 0.15) is 22.8 Å². The zero-order chi connectivity index (χ0) is 13.5. The van der Waals surface area contributed by atoms with Crippen LogP contribution >= 0.6 is 11.6 Å². The smallest absolute Gasteiger partial charge is 0.341 e. The van der Waals surface area contributed by atoms with E-state index in [0.717, 1.165) is 0 Å². The van der Waals surface area contributed by atoms with Gasteiger partial charge < -0.3 is 10.1 Å². The van der Waals surface area contributed by atoms with Gasteiger partial charge in [0.1, 0.15) is 5.15 Å². The molecule has 0 aliphatic carbocycles. The number of esters is 1. The minimum absolute atomic E-state index is 0.0980. The van der Waals surface area contributed by atoms with Gasteiger partial charge in [-0.1, -0.05) is 23.8 Å². The van der Waals surface area contributed by atoms with Crippen LogP contribution < -0.4 is 5.32 Å². The number of ether oxygens (including phenoxy) is 1. The molecule has 0 unspecified atom stereocenters. The van der Waals surface area contributed by atoms with Crippen LogP contribution in [0.2, 0.25) is 5.15 Å². The number of rotatable bonds is 4. The van der Waals surface area contributed by atoms with Gasteiger partial charge in [-0.2, -0.15) is 0 Å². The fraction of sp³-hybridized carbons (Fsp3) is 0.250. The molecule has 1 aromatic rings. The highest BCUT2D eigenvalue weighted by molar-refractivity contribution is 6.32. The van der Waals surface area contributed by atoms with Crippen molar-refractivity contribution >= 4 is 29.6 Å². The van der Waals surface area contributed by atoms with Gasteiger partial charge in [-0.05, 0) is 11.6 Å². The molecule has 0 spiro atoms. The molecule has 0 aromatic carbocycles. The Labute approximate surface area is 110 Å². The average Bonchev–Trinajstić information content (AvgIpc) is 2.35. The zero-order valence-corrected chi connectivity index (χ0v) is 10.8. The predicted molar refractivity (Wildman–Crippen MR) is 68.3 cm³/mol. The van der Waals surface area contributed by atoms with Crippen LogP contribution in [0.3, 0.4) is 0 Å². The molecular weight excluding hydrogens is 256 g/mol. The number of aromatic nitrogens is 1. The van der Waals surface area contributed by atoms with E-state index in [-0.39, 0.29) is 16.6 Å². The van der Waals surface area contributed by atoms with Crippen molar-refractivity contribution in [2.24, 2.45) is 0 Å². The fourth-order valence-corrected chi connectivity index (χ4v) is 1.39. The number of hydrogen-bond donors (Lipinski definition) is 1. The molecule has 1 amide bonds. The van der Waals surface area contributed by atoms with E-state index in [1.54, 1.807) is 18.2 Å². The minimum Gasteiger partial charge on any atom is -0.465 e. The predicted octanol–water partition coefficient (Wildman–Crippen LogP) is 1.67. The SMILES string of the molecule is COC(=O)c1cc(C=CCNC(C)=O)cnc1Cl. The number of nitrogens with one attached hydrogen (secondary N) is 1. The van der Waals surface area contributed by atoms with Crippen LogP contribution in [0.5, 0.6) is 0 Å². The molecule has 0 bridgehead atoms. The molecule has 1 aromatic heterocycles. The largest absolute Gasteiger partial charge is 0.465 e. The molecule has 0 aliphatic rings. The molecule has 0 saturated carbocycles. The first-order chi connectivity index (χ1) is 8.54. The standard InChI is InChI=1S/C12H13ClN2O3/c1-8(16)14-5-3-4-9-6-10(12(17)18-2)11(13)15-7-9/h3-4,6-7H,5H2,1-2H3,(H,14,16). The second kappa shape index (κ2) is 6.76. The molecule has 0 aliphatic heterocycles. The second-order valence-corrected chi connectivity index (χ2v) is 3.80. The third-order valence-corrected chi connectivity index (χ3v) is 2.35. The molecule has 6 heteroatoms. The first-order valence-corrected chi connectivity index (χ1v) is 5.57. The highest BCUT2D eigenvalue weighted by Gasteiger charge is 2.11. The van der Waals surface area contributed by atoms with Crippen LogP contribution in [0, 0.1) is 0 Å². The van der Waals surface area contributed by atoms with E-state index in [4.69, 9.17) is 11.6 Å². The van der Waals surface area contributed by atoms with Gasteiger partial charge in [0, 0.05) is 19.7 Å². The van der Waals surface area contributed by atoms with Crippen molar-refractivity contribution in [2.45, 2.75) is 6.92 Å². The van der Waals surface area contributed by atoms with E-state index >= 15 is 0 Å². The molecule has 0 fully saturated rings. The molecule has 96 valence electrons. The zero-order valence-electron chi connectivity index (χ0n) is 10.1. The summed E-state index contributed by atoms with van der Waals surface area (Å²) in [5.74, 6) is -0.645. The summed E-state index contributed by atoms with van der Waals surface area (Å²) in [6.07, 6.45) is 5.00. The molecule has 0 atom stereocenters. The van der Waals surface area contributed by atoms with Gasteiger partial charge in [-0.15, -0.1) is 0 Å². The molecule has 1 heterocycles. The molecular formula is C12H13ClN2O3. The van der Waals surface area contributed by atoms with Gasteiger partial charge in [0.2, 0.25) is 5.91 Å². The summed E-state index contributed by atoms with van der Waals surface area (Å²) in [6, 6.07) is 1.57. The van der Waals surface area contributed by atoms with E-state index in [2.05, 4.69) is 15.0 Å². The van der Waals surface area contributed by atoms with Crippen molar-refractivity contribution < 1.29 is 14.3 Å². The number of methoxy groups -OCH3 is 1. The Morgan fingerprint density at radius 2 is 2.28 bits per heavy atom. The molecule has 18 heavy (non-hydrogen) atoms. The minimum atomic E-state index is -0.537. The number of hydrogen-bond acceptors (Lipinski definition) is 4. The van der Waals surface area contributed by atoms with E-state index in [9.17, 15) is 9.59 Å². The molecule has 1 rings (SSSR count). The number of nitrogens with zero attached hydrogens (tertiary/aromatic N) is 1. The number of carbonyl (C=O) groups excluding carboxylic acids is 2. The van der Waals surface area contributed by atoms with Crippen LogP contribution in [-0.4, -0.2) is 30.5 Å². The van der Waals surface area contributed by atoms with Crippen molar-refractivity contribution in [3.63, 3.8) is 0 Å². The van der Waals surface area contributed by atoms with Crippen LogP contribution in [0.4, 0.5) is 0 Å². The fourth-order valence-electron chi connectivity index (χ4n) is 1.21. The highest BCUT2D eigenvalue weighted by atomic mass is 35.5. The van der Waals surface area contributed by atoms with E-state index in [1.165, 1.54) is 20.2 Å². The molecule has 1 N–H and O–H groups in total. The van der Waals surface area contributed by atoms with Crippen LogP contribution in [-0.2, 0) is 9.53 Å². The lowest BCUT2D eigenvalue weighted by atomic mass is 10.2. The quantitative estimate of drug-likeness (QED) is 0.666. The lowest BCUT2D eigenvalue weighted by Gasteiger charge is -2.02. The summed E-state index contributed by atoms with van der Waals surface area (Å²) < 4.78 is 4.58. The Balaban J connectivity index is 2.79. The number of halogens is 1. The van der Waals surface area contributed by atoms with Crippen LogP contribution in [0.25, 0.3) is 6.08 Å². The maximum Gasteiger partial charge on any atom is 0.341 e. The third-order valence-electron chi connectivity index (χ3n) is 2.04. The first-order valence-electron chi connectivity index (χ1n) is 5.19. The monoisotopic (exact) mass is 268 g/mol. The third kappa shape index (κ3) is 4.18. The summed E-state index contributed by atoms with van der Waals surface area (Å²) >= 11 is 5.78. The van der Waals surface area contributed by atoms with Gasteiger partial charge in [0.05, 0.1) is 12.7 Å². The first kappa shape index (κ1) is 14.2. The maximum absolute atomic E-state index is 11.4. The number of carbonyl (C=O) groups is 2. The molecule has 0 radical (unpaired) electrons. The normalized spacial score (nSPS) is 10.4. The Bertz CT molecular complexity index is 486. The Kier molecular flexibility index (Phi) is 5.32. The topological polar surface area (TPSA) is 68.3 Å². The molecule has 0 saturated heterocycles. The highest BCUT2D eigenvalue weighted by Crippen LogP contribution is 2.16. The van der Waals surface area contributed by atoms with Gasteiger partial charge >= 0.3 is 5.97 Å². The van der Waals surface area contributed by atoms with Crippen molar-refractivity contribution in [3.8, 4) is 0 Å². The van der Waals surface area contributed by atoms with Crippen molar-refractivity contribution in [3.05, 3.63) is 34.6 Å². The summed E-state index contributed by atoms with van der Waals surface area (Å²) in [5, 5.41) is 2.71. The van der Waals surface area contributed by atoms with Crippen molar-refractivity contribution in [2.75, 3.05) is 13.7 Å². The average molecular weight is 269 g/mol. The Morgan fingerprint density at radius 3 is 2.89 bits per heavy atom. The van der Waals surface area contributed by atoms with Gasteiger partial charge in [-0.3, -0.25) is 4.79 Å². The van der Waals surface area contributed by atoms with Gasteiger partial charge in [0.15, 0.2) is 0 Å². The lowest BCUT2D eigenvalue weighted by molar-refractivity contribution is -0.118. The Morgan fingerprint density at radius 1 is 1.56 bits per heavy atom. The summed E-state index contributed by atoms with van der Waals surface area (Å²) in [6.45, 7) is 1.85. The number of pyridine rings is 1. The number of amides is 1. The lowest BCUT2D eigenvalue weighted by Crippen LogP contribution is -2.19. The Hall–Kier alpha value is -1.88. The summed E-state index contributed by atoms with van der Waals surface area (Å²) in [5.41, 5.74) is 0.908. The van der Waals surface area contributed by atoms with Crippen molar-refractivity contribution in [1.29, 1.82) is 0 Å². The molecule has 5 nitrogen and oxygen atoms in total. The van der Waals surface area contributed by atoms with Crippen molar-refractivity contribution in [1.82, 2.24) is 10.3 Å². The summed E-state index contributed by atoms with van der Waals surface area (Å²) in [4.78, 5) is 25.9. The maximum atomic E-state index is 11.4. The second-order valence-electron chi connectivity index (χ2n) is 3.44. The van der Waals surface area contributed by atoms with Gasteiger partial charge in [-0.25, -0.2) is 9.78 Å². The van der Waals surface area contributed by atoms with Crippen LogP contribution in [0.15, 0.2) is 18.3 Å².